The van der Waals surface area contributed by atoms with E-state index in [4.69, 9.17) is 44.3 Å². The SMILES string of the molecule is CCOC(=O)CN(CCc1ccc(Cl)cc1)C(=O)CC1C(=O)N(CCc2ccc(Cl)cc2Cl)CC(=O)N1CCCN1CCOCC1. The molecule has 0 bridgehead atoms. The van der Waals surface area contributed by atoms with E-state index in [1.165, 1.54) is 14.7 Å². The predicted octanol–water partition coefficient (Wildman–Crippen LogP) is 3.98. The maximum atomic E-state index is 14.0. The van der Waals surface area contributed by atoms with Gasteiger partial charge in [-0.25, -0.2) is 0 Å². The number of amides is 3. The standard InChI is InChI=1S/C33H41Cl3N4O6/c1-2-46-32(43)23-38(14-10-24-4-7-26(34)8-5-24)30(41)21-29-33(44)39(15-11-25-6-9-27(35)20-28(25)36)22-31(42)40(29)13-3-12-37-16-18-45-19-17-37/h4-9,20,29H,2-3,10-19,21-23H2,1H3. The summed E-state index contributed by atoms with van der Waals surface area (Å²) in [4.78, 5) is 60.6. The van der Waals surface area contributed by atoms with Crippen molar-refractivity contribution in [3.05, 3.63) is 68.7 Å². The average Bonchev–Trinajstić information content (AvgIpc) is 3.03. The van der Waals surface area contributed by atoms with Gasteiger partial charge in [0.2, 0.25) is 17.7 Å². The minimum atomic E-state index is -1.00. The lowest BCUT2D eigenvalue weighted by molar-refractivity contribution is -0.159. The Hall–Kier alpha value is -2.89. The van der Waals surface area contributed by atoms with Crippen LogP contribution in [0.4, 0.5) is 0 Å². The molecule has 2 aromatic rings. The second kappa shape index (κ2) is 17.9. The Kier molecular flexibility index (Phi) is 14.0. The van der Waals surface area contributed by atoms with Gasteiger partial charge in [-0.05, 0) is 61.6 Å². The van der Waals surface area contributed by atoms with Gasteiger partial charge >= 0.3 is 5.97 Å². The third-order valence-corrected chi connectivity index (χ3v) is 9.03. The van der Waals surface area contributed by atoms with Gasteiger partial charge in [-0.3, -0.25) is 24.1 Å². The molecule has 2 aliphatic heterocycles. The molecule has 250 valence electrons. The van der Waals surface area contributed by atoms with Gasteiger partial charge in [0.1, 0.15) is 12.6 Å². The number of ether oxygens (including phenoxy) is 2. The highest BCUT2D eigenvalue weighted by Crippen LogP contribution is 2.23. The van der Waals surface area contributed by atoms with Crippen LogP contribution in [-0.4, -0.2) is 122 Å². The number of nitrogens with zero attached hydrogens (tertiary/aromatic N) is 4. The summed E-state index contributed by atoms with van der Waals surface area (Å²) in [6, 6.07) is 11.4. The summed E-state index contributed by atoms with van der Waals surface area (Å²) in [7, 11) is 0. The number of carbonyl (C=O) groups excluding carboxylic acids is 4. The van der Waals surface area contributed by atoms with Crippen molar-refractivity contribution < 1.29 is 28.7 Å². The number of esters is 1. The highest BCUT2D eigenvalue weighted by Gasteiger charge is 2.41. The first kappa shape index (κ1) is 36.0. The number of hydrogen-bond acceptors (Lipinski definition) is 7. The summed E-state index contributed by atoms with van der Waals surface area (Å²) in [5.74, 6) is -1.48. The molecule has 1 unspecified atom stereocenters. The van der Waals surface area contributed by atoms with Gasteiger partial charge < -0.3 is 24.2 Å². The van der Waals surface area contributed by atoms with Crippen molar-refractivity contribution in [2.75, 3.05) is 72.2 Å². The topological polar surface area (TPSA) is 99.7 Å². The molecule has 0 saturated carbocycles. The molecule has 0 radical (unpaired) electrons. The largest absolute Gasteiger partial charge is 0.465 e. The normalized spacial score (nSPS) is 17.3. The Morgan fingerprint density at radius 2 is 1.67 bits per heavy atom. The van der Waals surface area contributed by atoms with Crippen LogP contribution in [-0.2, 0) is 41.5 Å². The van der Waals surface area contributed by atoms with Crippen molar-refractivity contribution in [2.24, 2.45) is 0 Å². The van der Waals surface area contributed by atoms with E-state index in [0.717, 1.165) is 30.8 Å². The van der Waals surface area contributed by atoms with Crippen LogP contribution < -0.4 is 0 Å². The lowest BCUT2D eigenvalue weighted by Gasteiger charge is -2.41. The minimum absolute atomic E-state index is 0.0879. The molecule has 46 heavy (non-hydrogen) atoms. The molecule has 2 aromatic carbocycles. The molecular formula is C33H41Cl3N4O6. The fourth-order valence-corrected chi connectivity index (χ4v) is 6.28. The molecule has 2 heterocycles. The second-order valence-corrected chi connectivity index (χ2v) is 12.6. The van der Waals surface area contributed by atoms with E-state index in [0.29, 0.717) is 54.1 Å². The van der Waals surface area contributed by atoms with Gasteiger partial charge in [0, 0.05) is 54.3 Å². The molecule has 1 atom stereocenters. The van der Waals surface area contributed by atoms with Crippen molar-refractivity contribution in [1.82, 2.24) is 19.6 Å². The summed E-state index contributed by atoms with van der Waals surface area (Å²) >= 11 is 18.4. The van der Waals surface area contributed by atoms with E-state index in [2.05, 4.69) is 4.90 Å². The molecule has 0 aromatic heterocycles. The molecule has 4 rings (SSSR count). The Morgan fingerprint density at radius 1 is 0.957 bits per heavy atom. The van der Waals surface area contributed by atoms with Gasteiger partial charge in [0.25, 0.3) is 0 Å². The molecule has 0 N–H and O–H groups in total. The smallest absolute Gasteiger partial charge is 0.325 e. The zero-order valence-corrected chi connectivity index (χ0v) is 28.4. The quantitative estimate of drug-likeness (QED) is 0.260. The molecule has 10 nitrogen and oxygen atoms in total. The maximum absolute atomic E-state index is 14.0. The first-order valence-electron chi connectivity index (χ1n) is 15.6. The first-order valence-corrected chi connectivity index (χ1v) is 16.8. The van der Waals surface area contributed by atoms with Crippen LogP contribution in [0.15, 0.2) is 42.5 Å². The van der Waals surface area contributed by atoms with Gasteiger partial charge in [0.05, 0.1) is 32.8 Å². The van der Waals surface area contributed by atoms with E-state index in [1.54, 1.807) is 37.3 Å². The van der Waals surface area contributed by atoms with Gasteiger partial charge in [-0.1, -0.05) is 53.0 Å². The maximum Gasteiger partial charge on any atom is 0.325 e. The Labute approximate surface area is 285 Å². The number of hydrogen-bond donors (Lipinski definition) is 0. The fourth-order valence-electron chi connectivity index (χ4n) is 5.65. The Balaban J connectivity index is 1.50. The molecular weight excluding hydrogens is 655 g/mol. The molecule has 2 aliphatic rings. The van der Waals surface area contributed by atoms with Crippen LogP contribution in [0.25, 0.3) is 0 Å². The summed E-state index contributed by atoms with van der Waals surface area (Å²) in [5.41, 5.74) is 1.74. The number of benzene rings is 2. The Bertz CT molecular complexity index is 1360. The van der Waals surface area contributed by atoms with Crippen LogP contribution in [0.3, 0.4) is 0 Å². The first-order chi connectivity index (χ1) is 22.1. The number of halogens is 3. The molecule has 3 amide bonds. The summed E-state index contributed by atoms with van der Waals surface area (Å²) < 4.78 is 10.6. The van der Waals surface area contributed by atoms with Crippen molar-refractivity contribution >= 4 is 58.5 Å². The number of carbonyl (C=O) groups is 4. The molecule has 0 spiro atoms. The molecule has 2 saturated heterocycles. The lowest BCUT2D eigenvalue weighted by Crippen LogP contribution is -2.61. The number of piperazine rings is 1. The van der Waals surface area contributed by atoms with Crippen molar-refractivity contribution in [3.63, 3.8) is 0 Å². The monoisotopic (exact) mass is 694 g/mol. The van der Waals surface area contributed by atoms with E-state index < -0.39 is 17.9 Å². The number of rotatable bonds is 15. The van der Waals surface area contributed by atoms with Crippen LogP contribution in [0.2, 0.25) is 15.1 Å². The van der Waals surface area contributed by atoms with Crippen LogP contribution in [0.5, 0.6) is 0 Å². The molecule has 0 aliphatic carbocycles. The average molecular weight is 696 g/mol. The van der Waals surface area contributed by atoms with Gasteiger partial charge in [-0.2, -0.15) is 0 Å². The van der Waals surface area contributed by atoms with Crippen LogP contribution in [0.1, 0.15) is 30.9 Å². The summed E-state index contributed by atoms with van der Waals surface area (Å²) in [6.45, 7) is 6.04. The van der Waals surface area contributed by atoms with E-state index >= 15 is 0 Å². The zero-order valence-electron chi connectivity index (χ0n) is 26.1. The lowest BCUT2D eigenvalue weighted by atomic mass is 10.0. The molecule has 13 heteroatoms. The third kappa shape index (κ3) is 10.6. The summed E-state index contributed by atoms with van der Waals surface area (Å²) in [5, 5.41) is 1.59. The fraction of sp³-hybridized carbons (Fsp3) is 0.515. The number of morpholine rings is 1. The van der Waals surface area contributed by atoms with Crippen LogP contribution >= 0.6 is 34.8 Å². The highest BCUT2D eigenvalue weighted by atomic mass is 35.5. The predicted molar refractivity (Wildman–Crippen MR) is 177 cm³/mol. The minimum Gasteiger partial charge on any atom is -0.465 e. The third-order valence-electron chi connectivity index (χ3n) is 8.19. The summed E-state index contributed by atoms with van der Waals surface area (Å²) in [6.07, 6.45) is 1.29. The van der Waals surface area contributed by atoms with E-state index in [9.17, 15) is 19.2 Å². The Morgan fingerprint density at radius 3 is 2.37 bits per heavy atom. The second-order valence-electron chi connectivity index (χ2n) is 11.4. The van der Waals surface area contributed by atoms with Gasteiger partial charge in [-0.15, -0.1) is 0 Å². The van der Waals surface area contributed by atoms with Crippen molar-refractivity contribution in [1.29, 1.82) is 0 Å². The van der Waals surface area contributed by atoms with Crippen molar-refractivity contribution in [3.8, 4) is 0 Å². The van der Waals surface area contributed by atoms with Gasteiger partial charge in [0.15, 0.2) is 0 Å². The van der Waals surface area contributed by atoms with Crippen molar-refractivity contribution in [2.45, 2.75) is 38.6 Å². The highest BCUT2D eigenvalue weighted by molar-refractivity contribution is 6.35. The van der Waals surface area contributed by atoms with E-state index in [-0.39, 0.29) is 51.0 Å². The zero-order chi connectivity index (χ0) is 33.1. The van der Waals surface area contributed by atoms with Crippen LogP contribution in [0, 0.1) is 0 Å². The molecule has 2 fully saturated rings. The van der Waals surface area contributed by atoms with E-state index in [1.807, 2.05) is 12.1 Å².